The van der Waals surface area contributed by atoms with E-state index in [0.29, 0.717) is 0 Å². The summed E-state index contributed by atoms with van der Waals surface area (Å²) in [6.45, 7) is 6.70. The Balaban J connectivity index is 0. The molecule has 0 aromatic carbocycles. The zero-order valence-electron chi connectivity index (χ0n) is 6.42. The second-order valence-corrected chi connectivity index (χ2v) is 2.04. The molecule has 0 aromatic heterocycles. The van der Waals surface area contributed by atoms with Gasteiger partial charge in [-0.3, -0.25) is 0 Å². The minimum atomic E-state index is -1.35. The monoisotopic (exact) mass is 158 g/mol. The van der Waals surface area contributed by atoms with Crippen molar-refractivity contribution in [1.82, 2.24) is 6.15 Å². The number of carboxylic acids is 1. The second-order valence-electron chi connectivity index (χ2n) is 2.04. The molecule has 0 saturated carbocycles. The van der Waals surface area contributed by atoms with Crippen LogP contribution in [0, 0.1) is 0 Å². The molecule has 4 nitrogen and oxygen atoms in total. The molecule has 4 heteroatoms. The van der Waals surface area contributed by atoms with Crippen LogP contribution in [0.15, 0.2) is 25.3 Å². The number of rotatable bonds is 4. The summed E-state index contributed by atoms with van der Waals surface area (Å²) in [5.74, 6) is -1.08. The summed E-state index contributed by atoms with van der Waals surface area (Å²) in [4.78, 5) is 10.4. The van der Waals surface area contributed by atoms with Crippen molar-refractivity contribution in [2.45, 2.75) is 12.0 Å². The van der Waals surface area contributed by atoms with Crippen LogP contribution < -0.4 is 11.9 Å². The summed E-state index contributed by atoms with van der Waals surface area (Å²) >= 11 is 0. The van der Waals surface area contributed by atoms with Crippen LogP contribution in [0.1, 0.15) is 6.42 Å². The predicted molar refractivity (Wildman–Crippen MR) is 44.6 cm³/mol. The fraction of sp³-hybridized carbons (Fsp3) is 0.286. The van der Waals surface area contributed by atoms with Crippen LogP contribution in [-0.4, -0.2) is 16.6 Å². The predicted octanol–water partition coefficient (Wildman–Crippen LogP) is 0.693. The van der Waals surface area contributed by atoms with E-state index in [2.05, 4.69) is 13.2 Å². The summed E-state index contributed by atoms with van der Waals surface area (Å²) in [5.41, 5.74) is 4.02. The van der Waals surface area contributed by atoms with Gasteiger partial charge in [-0.25, -0.2) is 4.79 Å². The maximum Gasteiger partial charge on any atom is 0.328 e. The Morgan fingerprint density at radius 3 is 2.18 bits per heavy atom. The van der Waals surface area contributed by atoms with E-state index in [1.807, 2.05) is 0 Å². The molecule has 6 N–H and O–H groups in total. The second kappa shape index (κ2) is 4.65. The molecular formula is C7H14N2O2. The highest BCUT2D eigenvalue weighted by Crippen LogP contribution is 2.07. The number of carbonyl (C=O) groups is 1. The molecule has 0 rings (SSSR count). The fourth-order valence-corrected chi connectivity index (χ4v) is 0.497. The molecule has 0 aromatic rings. The van der Waals surface area contributed by atoms with Gasteiger partial charge in [0.25, 0.3) is 0 Å². The van der Waals surface area contributed by atoms with Crippen molar-refractivity contribution in [2.75, 3.05) is 0 Å². The van der Waals surface area contributed by atoms with Gasteiger partial charge >= 0.3 is 5.97 Å². The molecule has 0 aliphatic heterocycles. The van der Waals surface area contributed by atoms with Crippen LogP contribution in [0.5, 0.6) is 0 Å². The Bertz CT molecular complexity index is 168. The van der Waals surface area contributed by atoms with Gasteiger partial charge in [-0.1, -0.05) is 12.2 Å². The number of carboxylic acid groups (broad SMARTS) is 1. The molecule has 0 aliphatic carbocycles. The van der Waals surface area contributed by atoms with Gasteiger partial charge in [0.2, 0.25) is 0 Å². The molecule has 0 bridgehead atoms. The molecule has 0 fully saturated rings. The quantitative estimate of drug-likeness (QED) is 0.524. The van der Waals surface area contributed by atoms with Crippen LogP contribution in [-0.2, 0) is 4.79 Å². The van der Waals surface area contributed by atoms with E-state index in [0.717, 1.165) is 0 Å². The highest BCUT2D eigenvalue weighted by Gasteiger charge is 2.27. The molecule has 1 unspecified atom stereocenters. The Labute approximate surface area is 66.0 Å². The highest BCUT2D eigenvalue weighted by molar-refractivity contribution is 5.81. The van der Waals surface area contributed by atoms with Gasteiger partial charge in [-0.2, -0.15) is 0 Å². The number of hydrogen-bond acceptors (Lipinski definition) is 3. The third-order valence-corrected chi connectivity index (χ3v) is 1.24. The molecule has 0 heterocycles. The Hall–Kier alpha value is -1.13. The van der Waals surface area contributed by atoms with Crippen LogP contribution >= 0.6 is 0 Å². The molecular weight excluding hydrogens is 144 g/mol. The van der Waals surface area contributed by atoms with Gasteiger partial charge in [0.1, 0.15) is 5.54 Å². The van der Waals surface area contributed by atoms with Gasteiger partial charge in [0, 0.05) is 0 Å². The minimum absolute atomic E-state index is 0. The average molecular weight is 158 g/mol. The van der Waals surface area contributed by atoms with Gasteiger partial charge in [0.05, 0.1) is 0 Å². The zero-order valence-corrected chi connectivity index (χ0v) is 6.42. The summed E-state index contributed by atoms with van der Waals surface area (Å²) < 4.78 is 0. The van der Waals surface area contributed by atoms with Gasteiger partial charge in [-0.15, -0.1) is 13.2 Å². The lowest BCUT2D eigenvalue weighted by atomic mass is 9.97. The van der Waals surface area contributed by atoms with E-state index in [1.54, 1.807) is 0 Å². The van der Waals surface area contributed by atoms with Crippen molar-refractivity contribution < 1.29 is 9.90 Å². The molecule has 1 atom stereocenters. The van der Waals surface area contributed by atoms with E-state index in [-0.39, 0.29) is 12.6 Å². The van der Waals surface area contributed by atoms with E-state index in [1.165, 1.54) is 12.2 Å². The first-order valence-electron chi connectivity index (χ1n) is 2.83. The summed E-state index contributed by atoms with van der Waals surface area (Å²) in [6.07, 6.45) is 2.86. The maximum atomic E-state index is 10.4. The lowest BCUT2D eigenvalue weighted by molar-refractivity contribution is -0.141. The normalized spacial score (nSPS) is 13.9. The third kappa shape index (κ3) is 2.97. The molecule has 64 valence electrons. The molecule has 0 aliphatic rings. The van der Waals surface area contributed by atoms with Crippen molar-refractivity contribution in [1.29, 1.82) is 0 Å². The van der Waals surface area contributed by atoms with E-state index >= 15 is 0 Å². The SMILES string of the molecule is C=CCC(N)(C=C)C(=O)O.N. The Morgan fingerprint density at radius 1 is 1.64 bits per heavy atom. The minimum Gasteiger partial charge on any atom is -0.480 e. The van der Waals surface area contributed by atoms with Crippen LogP contribution in [0.4, 0.5) is 0 Å². The molecule has 0 spiro atoms. The van der Waals surface area contributed by atoms with Crippen molar-refractivity contribution in [2.24, 2.45) is 5.73 Å². The summed E-state index contributed by atoms with van der Waals surface area (Å²) in [5, 5.41) is 8.52. The summed E-state index contributed by atoms with van der Waals surface area (Å²) in [6, 6.07) is 0. The topological polar surface area (TPSA) is 98.3 Å². The molecule has 0 amide bonds. The average Bonchev–Trinajstić information content (AvgIpc) is 1.88. The third-order valence-electron chi connectivity index (χ3n) is 1.24. The van der Waals surface area contributed by atoms with Crippen molar-refractivity contribution in [3.05, 3.63) is 25.3 Å². The standard InChI is InChI=1S/C7H11NO2.H3N/c1-3-5-7(8,4-2)6(9)10;/h3-4H,1-2,5,8H2,(H,9,10);1H3. The molecule has 0 radical (unpaired) electrons. The first-order valence-corrected chi connectivity index (χ1v) is 2.83. The first-order chi connectivity index (χ1) is 4.56. The zero-order chi connectivity index (χ0) is 8.20. The Morgan fingerprint density at radius 2 is 2.09 bits per heavy atom. The van der Waals surface area contributed by atoms with Crippen LogP contribution in [0.25, 0.3) is 0 Å². The molecule has 0 saturated heterocycles. The van der Waals surface area contributed by atoms with Crippen molar-refractivity contribution in [3.8, 4) is 0 Å². The van der Waals surface area contributed by atoms with Gasteiger partial charge in [0.15, 0.2) is 0 Å². The lowest BCUT2D eigenvalue weighted by Crippen LogP contribution is -2.45. The highest BCUT2D eigenvalue weighted by atomic mass is 16.4. The largest absolute Gasteiger partial charge is 0.480 e. The van der Waals surface area contributed by atoms with Gasteiger partial charge < -0.3 is 17.0 Å². The van der Waals surface area contributed by atoms with E-state index < -0.39 is 11.5 Å². The van der Waals surface area contributed by atoms with E-state index in [9.17, 15) is 4.79 Å². The smallest absolute Gasteiger partial charge is 0.328 e. The van der Waals surface area contributed by atoms with E-state index in [4.69, 9.17) is 10.8 Å². The van der Waals surface area contributed by atoms with Crippen LogP contribution in [0.2, 0.25) is 0 Å². The summed E-state index contributed by atoms with van der Waals surface area (Å²) in [7, 11) is 0. The fourth-order valence-electron chi connectivity index (χ4n) is 0.497. The maximum absolute atomic E-state index is 10.4. The molecule has 11 heavy (non-hydrogen) atoms. The lowest BCUT2D eigenvalue weighted by Gasteiger charge is -2.17. The van der Waals surface area contributed by atoms with Crippen molar-refractivity contribution in [3.63, 3.8) is 0 Å². The first kappa shape index (κ1) is 12.5. The van der Waals surface area contributed by atoms with Crippen LogP contribution in [0.3, 0.4) is 0 Å². The van der Waals surface area contributed by atoms with Gasteiger partial charge in [-0.05, 0) is 6.42 Å². The number of hydrogen-bond donors (Lipinski definition) is 3. The van der Waals surface area contributed by atoms with Crippen molar-refractivity contribution >= 4 is 5.97 Å². The Kier molecular flexibility index (Phi) is 5.30. The number of nitrogens with two attached hydrogens (primary N) is 1. The number of aliphatic carboxylic acids is 1.